The first-order valence-corrected chi connectivity index (χ1v) is 27.3. The van der Waals surface area contributed by atoms with Crippen LogP contribution in [0.2, 0.25) is 0 Å². The normalized spacial score (nSPS) is 19.7. The molecule has 0 bridgehead atoms. The van der Waals surface area contributed by atoms with Crippen LogP contribution in [0.1, 0.15) is 139 Å². The van der Waals surface area contributed by atoms with Gasteiger partial charge in [-0.2, -0.15) is 0 Å². The van der Waals surface area contributed by atoms with Gasteiger partial charge in [-0.05, 0) is 55.5 Å². The SMILES string of the molecule is C1CCC(P(C2CCCCC2)C2CCCCC2)CC1.C[C@H](c1ccccc1)n1ccn([C@H](C)c2ccccc2)[c]1=[Ru]([Cl])([Cl])=[CH]c1ccccc1. The number of hydrogen-bond acceptors (Lipinski definition) is 0. The molecule has 0 saturated heterocycles. The second-order valence-corrected chi connectivity index (χ2v) is 27.1. The van der Waals surface area contributed by atoms with Crippen LogP contribution in [0.3, 0.4) is 0 Å². The van der Waals surface area contributed by atoms with E-state index in [1.807, 2.05) is 30.3 Å². The molecular weight excluding hydrogens is 759 g/mol. The van der Waals surface area contributed by atoms with Crippen LogP contribution in [-0.2, 0) is 11.9 Å². The summed E-state index contributed by atoms with van der Waals surface area (Å²) in [6, 6.07) is 31.3. The van der Waals surface area contributed by atoms with E-state index >= 15 is 0 Å². The molecule has 0 spiro atoms. The quantitative estimate of drug-likeness (QED) is 0.124. The fourth-order valence-corrected chi connectivity index (χ4v) is 19.5. The number of benzene rings is 3. The van der Waals surface area contributed by atoms with E-state index in [1.165, 1.54) is 47.4 Å². The average molecular weight is 819 g/mol. The van der Waals surface area contributed by atoms with Crippen LogP contribution in [0, 0.1) is 4.01 Å². The molecule has 2 atom stereocenters. The Morgan fingerprint density at radius 1 is 0.540 bits per heavy atom. The summed E-state index contributed by atoms with van der Waals surface area (Å²) in [6.07, 6.45) is 27.9. The second-order valence-electron chi connectivity index (χ2n) is 14.8. The van der Waals surface area contributed by atoms with Crippen LogP contribution in [0.4, 0.5) is 0 Å². The van der Waals surface area contributed by atoms with E-state index < -0.39 is 11.9 Å². The maximum atomic E-state index is 7.25. The summed E-state index contributed by atoms with van der Waals surface area (Å²) in [5.74, 6) is 0. The van der Waals surface area contributed by atoms with Gasteiger partial charge in [-0.1, -0.05) is 65.7 Å². The van der Waals surface area contributed by atoms with E-state index in [1.54, 1.807) is 77.0 Å². The van der Waals surface area contributed by atoms with Crippen LogP contribution < -0.4 is 0 Å². The topological polar surface area (TPSA) is 9.86 Å². The minimum atomic E-state index is -3.40. The molecule has 3 aromatic carbocycles. The van der Waals surface area contributed by atoms with Gasteiger partial charge in [0.25, 0.3) is 0 Å². The zero-order valence-electron chi connectivity index (χ0n) is 30.3. The van der Waals surface area contributed by atoms with Gasteiger partial charge in [-0.25, -0.2) is 0 Å². The Kier molecular flexibility index (Phi) is 14.4. The van der Waals surface area contributed by atoms with Crippen molar-refractivity contribution in [2.75, 3.05) is 0 Å². The van der Waals surface area contributed by atoms with Crippen molar-refractivity contribution in [1.29, 1.82) is 0 Å². The standard InChI is InChI=1S/C19H20N2.C18H33P.C7H6.2ClH.Ru/c1-16(18-9-5-3-6-10-18)20-13-14-21(15-20)17(2)19-11-7-4-8-12-19;1-4-10-16(11-5-1)19(17-12-6-2-7-13-17)18-14-8-3-9-15-18;1-7-5-3-2-4-6-7;;;/h3-14,16-17H,1-2H3;16-18H,1-15H2;1-6H;2*1H;/q;;;;;+2/p-2/t16-,17-;;;;;/m1...../s1. The third kappa shape index (κ3) is 9.87. The van der Waals surface area contributed by atoms with E-state index in [0.29, 0.717) is 7.92 Å². The molecule has 1 heterocycles. The Balaban J connectivity index is 0.000000194. The molecule has 3 aliphatic rings. The van der Waals surface area contributed by atoms with E-state index in [-0.39, 0.29) is 12.1 Å². The number of rotatable bonds is 8. The monoisotopic (exact) mass is 818 g/mol. The Morgan fingerprint density at radius 2 is 0.880 bits per heavy atom. The molecule has 272 valence electrons. The molecule has 50 heavy (non-hydrogen) atoms. The Hall–Kier alpha value is -1.63. The molecule has 3 fully saturated rings. The van der Waals surface area contributed by atoms with Crippen molar-refractivity contribution in [2.24, 2.45) is 0 Å². The number of halogens is 2. The van der Waals surface area contributed by atoms with Crippen molar-refractivity contribution in [3.63, 3.8) is 0 Å². The molecule has 4 aromatic rings. The van der Waals surface area contributed by atoms with Crippen LogP contribution in [0.5, 0.6) is 0 Å². The van der Waals surface area contributed by atoms with Crippen molar-refractivity contribution in [3.8, 4) is 0 Å². The van der Waals surface area contributed by atoms with E-state index in [2.05, 4.69) is 101 Å². The first kappa shape index (κ1) is 38.1. The Morgan fingerprint density at radius 3 is 1.24 bits per heavy atom. The van der Waals surface area contributed by atoms with Crippen molar-refractivity contribution < 1.29 is 11.9 Å². The number of imidazole rings is 1. The second kappa shape index (κ2) is 18.9. The Bertz CT molecular complexity index is 1620. The predicted octanol–water partition coefficient (Wildman–Crippen LogP) is 13.8. The molecule has 0 unspecified atom stereocenters. The van der Waals surface area contributed by atoms with Crippen molar-refractivity contribution in [1.82, 2.24) is 9.13 Å². The molecule has 1 aromatic heterocycles. The molecule has 0 radical (unpaired) electrons. The minimum absolute atomic E-state index is 0.113. The summed E-state index contributed by atoms with van der Waals surface area (Å²) in [6.45, 7) is 4.39. The van der Waals surface area contributed by atoms with Gasteiger partial charge in [-0.15, -0.1) is 0 Å². The fraction of sp³-hybridized carbons (Fsp3) is 0.500. The first-order chi connectivity index (χ1) is 24.4. The summed E-state index contributed by atoms with van der Waals surface area (Å²) >= 11 is -3.40. The van der Waals surface area contributed by atoms with Gasteiger partial charge in [0.2, 0.25) is 0 Å². The third-order valence-corrected chi connectivity index (χ3v) is 21.0. The molecule has 0 aliphatic heterocycles. The molecule has 3 saturated carbocycles. The number of hydrogen-bond donors (Lipinski definition) is 0. The summed E-state index contributed by atoms with van der Waals surface area (Å²) in [5, 5.41) is 0. The summed E-state index contributed by atoms with van der Waals surface area (Å²) in [7, 11) is 14.9. The number of nitrogens with zero attached hydrogens (tertiary/aromatic N) is 2. The molecule has 6 heteroatoms. The van der Waals surface area contributed by atoms with Gasteiger partial charge < -0.3 is 0 Å². The van der Waals surface area contributed by atoms with Gasteiger partial charge in [-0.3, -0.25) is 0 Å². The van der Waals surface area contributed by atoms with Crippen LogP contribution >= 0.6 is 27.3 Å². The van der Waals surface area contributed by atoms with E-state index in [4.69, 9.17) is 19.4 Å². The summed E-state index contributed by atoms with van der Waals surface area (Å²) in [5.41, 5.74) is 7.07. The van der Waals surface area contributed by atoms with Gasteiger partial charge in [0, 0.05) is 0 Å². The molecule has 2 nitrogen and oxygen atoms in total. The van der Waals surface area contributed by atoms with E-state index in [0.717, 1.165) is 9.58 Å². The first-order valence-electron chi connectivity index (χ1n) is 19.4. The molecular formula is C44H59Cl2N2PRu. The van der Waals surface area contributed by atoms with Crippen LogP contribution in [-0.4, -0.2) is 30.7 Å². The van der Waals surface area contributed by atoms with Crippen molar-refractivity contribution in [3.05, 3.63) is 124 Å². The van der Waals surface area contributed by atoms with Crippen molar-refractivity contribution >= 4 is 31.9 Å². The molecule has 7 rings (SSSR count). The zero-order valence-corrected chi connectivity index (χ0v) is 34.5. The van der Waals surface area contributed by atoms with E-state index in [9.17, 15) is 0 Å². The zero-order chi connectivity index (χ0) is 34.8. The molecule has 0 amide bonds. The predicted molar refractivity (Wildman–Crippen MR) is 217 cm³/mol. The average Bonchev–Trinajstić information content (AvgIpc) is 3.64. The fourth-order valence-electron chi connectivity index (χ4n) is 8.74. The maximum absolute atomic E-state index is 7.25. The van der Waals surface area contributed by atoms with Gasteiger partial charge in [0.1, 0.15) is 0 Å². The molecule has 3 aliphatic carbocycles. The van der Waals surface area contributed by atoms with Gasteiger partial charge in [0.15, 0.2) is 0 Å². The third-order valence-electron chi connectivity index (χ3n) is 11.4. The van der Waals surface area contributed by atoms with Gasteiger partial charge in [0.05, 0.1) is 0 Å². The molecule has 0 N–H and O–H groups in total. The van der Waals surface area contributed by atoms with Crippen LogP contribution in [0.25, 0.3) is 0 Å². The Labute approximate surface area is 314 Å². The van der Waals surface area contributed by atoms with Crippen molar-refractivity contribution in [2.45, 2.75) is 139 Å². The summed E-state index contributed by atoms with van der Waals surface area (Å²) < 4.78 is 7.58. The van der Waals surface area contributed by atoms with Crippen LogP contribution in [0.15, 0.2) is 103 Å². The van der Waals surface area contributed by atoms with Gasteiger partial charge >= 0.3 is 195 Å². The summed E-state index contributed by atoms with van der Waals surface area (Å²) in [4.78, 5) is 0. The number of aromatic nitrogens is 2.